The van der Waals surface area contributed by atoms with Gasteiger partial charge in [0, 0.05) is 40.5 Å². The molecule has 2 N–H and O–H groups in total. The van der Waals surface area contributed by atoms with Crippen LogP contribution in [0.15, 0.2) is 0 Å². The van der Waals surface area contributed by atoms with E-state index in [0.717, 1.165) is 13.8 Å². The molecule has 0 bridgehead atoms. The van der Waals surface area contributed by atoms with Crippen LogP contribution in [0, 0.1) is 5.92 Å². The van der Waals surface area contributed by atoms with E-state index in [1.165, 1.54) is 13.8 Å². The number of esters is 4. The van der Waals surface area contributed by atoms with Crippen LogP contribution in [0.25, 0.3) is 0 Å². The van der Waals surface area contributed by atoms with Crippen molar-refractivity contribution >= 4 is 23.9 Å². The summed E-state index contributed by atoms with van der Waals surface area (Å²) in [7, 11) is 0. The highest BCUT2D eigenvalue weighted by atomic mass is 16.6. The maximum Gasteiger partial charge on any atom is 0.303 e. The summed E-state index contributed by atoms with van der Waals surface area (Å²) in [4.78, 5) is 46.4. The summed E-state index contributed by atoms with van der Waals surface area (Å²) in [5.74, 6) is -3.19. The van der Waals surface area contributed by atoms with E-state index in [-0.39, 0.29) is 19.3 Å². The molecule has 0 aromatic rings. The first-order chi connectivity index (χ1) is 13.3. The van der Waals surface area contributed by atoms with Gasteiger partial charge in [0.2, 0.25) is 0 Å². The number of aliphatic hydroxyl groups is 2. The fraction of sp³-hybridized carbons (Fsp3) is 0.789. The summed E-state index contributed by atoms with van der Waals surface area (Å²) in [5, 5.41) is 22.9. The van der Waals surface area contributed by atoms with Gasteiger partial charge in [0.05, 0.1) is 0 Å². The normalized spacial score (nSPS) is 38.9. The smallest absolute Gasteiger partial charge is 0.303 e. The first-order valence-corrected chi connectivity index (χ1v) is 9.42. The molecule has 0 aromatic heterocycles. The van der Waals surface area contributed by atoms with Gasteiger partial charge < -0.3 is 29.2 Å². The lowest BCUT2D eigenvalue weighted by atomic mass is 9.57. The Bertz CT molecular complexity index is 690. The molecule has 0 spiro atoms. The molecular weight excluding hydrogens is 388 g/mol. The third-order valence-electron chi connectivity index (χ3n) is 5.49. The van der Waals surface area contributed by atoms with E-state index in [2.05, 4.69) is 0 Å². The highest BCUT2D eigenvalue weighted by molar-refractivity contribution is 5.68. The van der Waals surface area contributed by atoms with E-state index in [0.29, 0.717) is 0 Å². The molecule has 0 aliphatic heterocycles. The minimum Gasteiger partial charge on any atom is -0.458 e. The number of hydrogen-bond donors (Lipinski definition) is 2. The van der Waals surface area contributed by atoms with Crippen LogP contribution in [0.3, 0.4) is 0 Å². The van der Waals surface area contributed by atoms with Gasteiger partial charge in [0.15, 0.2) is 6.10 Å². The standard InChI is InChI=1S/C19H28O10/c1-9-6-18(24)7-14(26-10(2)20)15(27-11(3)21)8-19(18,25)17(29-13(5)23)16(9)28-12(4)22/h9,14-17,24-25H,6-8H2,1-5H3/t9-,14+,15-,16+,17+,18-,19+/m0/s1. The summed E-state index contributed by atoms with van der Waals surface area (Å²) in [5.41, 5.74) is -3.96. The second-order valence-electron chi connectivity index (χ2n) is 7.95. The van der Waals surface area contributed by atoms with E-state index in [9.17, 15) is 29.4 Å². The van der Waals surface area contributed by atoms with Gasteiger partial charge in [-0.2, -0.15) is 0 Å². The lowest BCUT2D eigenvalue weighted by molar-refractivity contribution is -0.305. The van der Waals surface area contributed by atoms with Crippen molar-refractivity contribution in [1.29, 1.82) is 0 Å². The quantitative estimate of drug-likeness (QED) is 0.474. The second-order valence-corrected chi connectivity index (χ2v) is 7.95. The number of ether oxygens (including phenoxy) is 4. The molecule has 0 unspecified atom stereocenters. The van der Waals surface area contributed by atoms with Crippen LogP contribution in [0.4, 0.5) is 0 Å². The monoisotopic (exact) mass is 416 g/mol. The molecule has 0 saturated heterocycles. The molecule has 2 rings (SSSR count). The Morgan fingerprint density at radius 2 is 1.17 bits per heavy atom. The number of fused-ring (bicyclic) bond motifs is 1. The van der Waals surface area contributed by atoms with E-state index in [4.69, 9.17) is 18.9 Å². The maximum absolute atomic E-state index is 11.7. The Morgan fingerprint density at radius 1 is 0.724 bits per heavy atom. The van der Waals surface area contributed by atoms with Crippen LogP contribution in [-0.2, 0) is 38.1 Å². The number of rotatable bonds is 4. The van der Waals surface area contributed by atoms with Crippen molar-refractivity contribution in [3.05, 3.63) is 0 Å². The average molecular weight is 416 g/mol. The van der Waals surface area contributed by atoms with Crippen LogP contribution in [0.2, 0.25) is 0 Å². The summed E-state index contributed by atoms with van der Waals surface area (Å²) >= 11 is 0. The van der Waals surface area contributed by atoms with E-state index < -0.39 is 65.4 Å². The SMILES string of the molecule is CC(=O)O[C@H]1[C@@H](OC(C)=O)[C@]2(O)C[C@H](OC(C)=O)[C@H](OC(C)=O)C[C@@]2(O)C[C@@H]1C. The van der Waals surface area contributed by atoms with E-state index in [1.54, 1.807) is 6.92 Å². The fourth-order valence-electron chi connectivity index (χ4n) is 4.50. The first-order valence-electron chi connectivity index (χ1n) is 9.42. The molecule has 2 saturated carbocycles. The topological polar surface area (TPSA) is 146 Å². The van der Waals surface area contributed by atoms with E-state index in [1.807, 2.05) is 0 Å². The van der Waals surface area contributed by atoms with Gasteiger partial charge in [-0.1, -0.05) is 6.92 Å². The molecule has 10 nitrogen and oxygen atoms in total. The Balaban J connectivity index is 2.50. The number of carbonyl (C=O) groups is 4. The number of carbonyl (C=O) groups excluding carboxylic acids is 4. The fourth-order valence-corrected chi connectivity index (χ4v) is 4.50. The van der Waals surface area contributed by atoms with Gasteiger partial charge >= 0.3 is 23.9 Å². The molecule has 0 radical (unpaired) electrons. The van der Waals surface area contributed by atoms with Crippen molar-refractivity contribution in [3.63, 3.8) is 0 Å². The zero-order chi connectivity index (χ0) is 22.1. The minimum absolute atomic E-state index is 0.0240. The number of hydrogen-bond acceptors (Lipinski definition) is 10. The van der Waals surface area contributed by atoms with Gasteiger partial charge in [-0.25, -0.2) is 0 Å². The highest BCUT2D eigenvalue weighted by Crippen LogP contribution is 2.51. The Labute approximate surface area is 168 Å². The summed E-state index contributed by atoms with van der Waals surface area (Å²) in [6.07, 6.45) is -5.19. The molecule has 0 aromatic carbocycles. The van der Waals surface area contributed by atoms with Crippen molar-refractivity contribution in [2.75, 3.05) is 0 Å². The Hall–Kier alpha value is -2.20. The third-order valence-corrected chi connectivity index (χ3v) is 5.49. The Kier molecular flexibility index (Phi) is 6.58. The zero-order valence-electron chi connectivity index (χ0n) is 17.2. The van der Waals surface area contributed by atoms with Crippen LogP contribution < -0.4 is 0 Å². The largest absolute Gasteiger partial charge is 0.458 e. The maximum atomic E-state index is 11.7. The van der Waals surface area contributed by atoms with Gasteiger partial charge in [0.1, 0.15) is 29.5 Å². The lowest BCUT2D eigenvalue weighted by Gasteiger charge is -2.58. The van der Waals surface area contributed by atoms with Gasteiger partial charge in [-0.3, -0.25) is 19.2 Å². The van der Waals surface area contributed by atoms with Crippen molar-refractivity contribution < 1.29 is 48.3 Å². The molecule has 2 aliphatic rings. The first kappa shape index (κ1) is 23.1. The molecule has 10 heteroatoms. The molecule has 29 heavy (non-hydrogen) atoms. The summed E-state index contributed by atoms with van der Waals surface area (Å²) in [6, 6.07) is 0. The van der Waals surface area contributed by atoms with Crippen LogP contribution in [-0.4, -0.2) is 69.7 Å². The van der Waals surface area contributed by atoms with Gasteiger partial charge in [-0.15, -0.1) is 0 Å². The van der Waals surface area contributed by atoms with Gasteiger partial charge in [0.25, 0.3) is 0 Å². The molecule has 164 valence electrons. The molecule has 7 atom stereocenters. The van der Waals surface area contributed by atoms with Crippen molar-refractivity contribution in [3.8, 4) is 0 Å². The molecule has 2 fully saturated rings. The predicted octanol–water partition coefficient (Wildman–Crippen LogP) is 0.00900. The van der Waals surface area contributed by atoms with Crippen LogP contribution in [0.1, 0.15) is 53.9 Å². The highest BCUT2D eigenvalue weighted by Gasteiger charge is 2.68. The van der Waals surface area contributed by atoms with Crippen molar-refractivity contribution in [2.24, 2.45) is 5.92 Å². The predicted molar refractivity (Wildman–Crippen MR) is 95.1 cm³/mol. The van der Waals surface area contributed by atoms with E-state index >= 15 is 0 Å². The molecular formula is C19H28O10. The van der Waals surface area contributed by atoms with Crippen molar-refractivity contribution in [1.82, 2.24) is 0 Å². The molecule has 0 amide bonds. The Morgan fingerprint density at radius 3 is 1.62 bits per heavy atom. The summed E-state index contributed by atoms with van der Waals surface area (Å²) in [6.45, 7) is 6.32. The van der Waals surface area contributed by atoms with Crippen LogP contribution in [0.5, 0.6) is 0 Å². The molecule has 2 aliphatic carbocycles. The average Bonchev–Trinajstić information content (AvgIpc) is 2.52. The third kappa shape index (κ3) is 4.69. The second kappa shape index (κ2) is 8.27. The lowest BCUT2D eigenvalue weighted by Crippen LogP contribution is -2.75. The summed E-state index contributed by atoms with van der Waals surface area (Å²) < 4.78 is 21.1. The van der Waals surface area contributed by atoms with Crippen molar-refractivity contribution in [2.45, 2.75) is 89.5 Å². The van der Waals surface area contributed by atoms with Gasteiger partial charge in [-0.05, 0) is 12.3 Å². The molecule has 0 heterocycles. The van der Waals surface area contributed by atoms with Crippen LogP contribution >= 0.6 is 0 Å². The minimum atomic E-state index is -2.11. The zero-order valence-corrected chi connectivity index (χ0v) is 17.2.